The lowest BCUT2D eigenvalue weighted by molar-refractivity contribution is -0.123. The second-order valence-corrected chi connectivity index (χ2v) is 8.12. The third-order valence-corrected chi connectivity index (χ3v) is 5.47. The highest BCUT2D eigenvalue weighted by Crippen LogP contribution is 2.38. The number of benzene rings is 3. The summed E-state index contributed by atoms with van der Waals surface area (Å²) < 4.78 is 25.0. The number of hydrogen-bond donors (Lipinski definition) is 0. The molecule has 6 nitrogen and oxygen atoms in total. The molecule has 1 aliphatic heterocycles. The van der Waals surface area contributed by atoms with Crippen LogP contribution in [-0.4, -0.2) is 29.1 Å². The number of hydrazone groups is 1. The maximum absolute atomic E-state index is 13.5. The normalized spacial score (nSPS) is 14.3. The average molecular weight is 493 g/mol. The molecule has 4 rings (SSSR count). The van der Waals surface area contributed by atoms with E-state index in [2.05, 4.69) is 5.10 Å². The van der Waals surface area contributed by atoms with E-state index < -0.39 is 11.8 Å². The zero-order valence-corrected chi connectivity index (χ0v) is 19.9. The third kappa shape index (κ3) is 5.41. The lowest BCUT2D eigenvalue weighted by Crippen LogP contribution is -2.29. The van der Waals surface area contributed by atoms with Crippen LogP contribution >= 0.6 is 11.6 Å². The summed E-state index contributed by atoms with van der Waals surface area (Å²) in [5.41, 5.74) is 2.24. The van der Waals surface area contributed by atoms with Gasteiger partial charge in [0, 0.05) is 5.56 Å². The maximum Gasteiger partial charge on any atom is 0.283 e. The molecule has 0 aromatic heterocycles. The van der Waals surface area contributed by atoms with Crippen molar-refractivity contribution < 1.29 is 23.5 Å². The minimum Gasteiger partial charge on any atom is -0.490 e. The number of imide groups is 1. The number of ether oxygens (including phenoxy) is 2. The molecule has 8 heteroatoms. The topological polar surface area (TPSA) is 68.2 Å². The van der Waals surface area contributed by atoms with Crippen molar-refractivity contribution in [3.05, 3.63) is 99.8 Å². The van der Waals surface area contributed by atoms with Gasteiger partial charge >= 0.3 is 0 Å². The van der Waals surface area contributed by atoms with E-state index in [1.54, 1.807) is 67.6 Å². The van der Waals surface area contributed by atoms with Crippen molar-refractivity contribution in [2.24, 2.45) is 5.10 Å². The van der Waals surface area contributed by atoms with Crippen molar-refractivity contribution in [2.75, 3.05) is 6.61 Å². The molecule has 0 fully saturated rings. The van der Waals surface area contributed by atoms with Gasteiger partial charge in [-0.3, -0.25) is 9.59 Å². The predicted molar refractivity (Wildman–Crippen MR) is 132 cm³/mol. The fourth-order valence-corrected chi connectivity index (χ4v) is 3.82. The Morgan fingerprint density at radius 2 is 1.86 bits per heavy atom. The van der Waals surface area contributed by atoms with Gasteiger partial charge in [-0.1, -0.05) is 41.9 Å². The molecular weight excluding hydrogens is 471 g/mol. The Morgan fingerprint density at radius 1 is 1.09 bits per heavy atom. The SMILES string of the molecule is CCOc1cc(/C=C2/C(=O)N(C(=O)c3ccccc3)N=C2C)cc(Cl)c1OCc1cccc(F)c1. The molecule has 3 aromatic rings. The standard InChI is InChI=1S/C27H22ClFN2O4/c1-3-34-24-15-19(14-23(28)25(24)35-16-18-8-7-11-21(29)12-18)13-22-17(2)30-31(27(22)33)26(32)20-9-5-4-6-10-20/h4-15H,3,16H2,1-2H3/b22-13+. The Bertz CT molecular complexity index is 1340. The van der Waals surface area contributed by atoms with Gasteiger partial charge in [-0.25, -0.2) is 4.39 Å². The fourth-order valence-electron chi connectivity index (χ4n) is 3.55. The molecule has 0 radical (unpaired) electrons. The molecule has 0 spiro atoms. The highest BCUT2D eigenvalue weighted by molar-refractivity contribution is 6.33. The summed E-state index contributed by atoms with van der Waals surface area (Å²) in [5.74, 6) is -0.712. The van der Waals surface area contributed by atoms with Gasteiger partial charge in [0.05, 0.1) is 22.9 Å². The van der Waals surface area contributed by atoms with Crippen LogP contribution < -0.4 is 9.47 Å². The van der Waals surface area contributed by atoms with Crippen LogP contribution in [0.3, 0.4) is 0 Å². The molecule has 0 N–H and O–H groups in total. The molecule has 1 heterocycles. The van der Waals surface area contributed by atoms with Crippen LogP contribution in [0.5, 0.6) is 11.5 Å². The Morgan fingerprint density at radius 3 is 2.57 bits per heavy atom. The highest BCUT2D eigenvalue weighted by atomic mass is 35.5. The van der Waals surface area contributed by atoms with Crippen molar-refractivity contribution in [3.63, 3.8) is 0 Å². The minimum atomic E-state index is -0.531. The summed E-state index contributed by atoms with van der Waals surface area (Å²) in [6.07, 6.45) is 1.60. The molecule has 178 valence electrons. The van der Waals surface area contributed by atoms with Gasteiger partial charge in [-0.2, -0.15) is 10.1 Å². The second-order valence-electron chi connectivity index (χ2n) is 7.71. The smallest absolute Gasteiger partial charge is 0.283 e. The first-order valence-electron chi connectivity index (χ1n) is 10.9. The molecule has 3 aromatic carbocycles. The van der Waals surface area contributed by atoms with Gasteiger partial charge in [0.1, 0.15) is 12.4 Å². The van der Waals surface area contributed by atoms with Gasteiger partial charge < -0.3 is 9.47 Å². The number of carbonyl (C=O) groups is 2. The van der Waals surface area contributed by atoms with E-state index in [-0.39, 0.29) is 23.0 Å². The number of nitrogens with zero attached hydrogens (tertiary/aromatic N) is 2. The van der Waals surface area contributed by atoms with E-state index in [0.717, 1.165) is 5.01 Å². The van der Waals surface area contributed by atoms with Crippen molar-refractivity contribution in [2.45, 2.75) is 20.5 Å². The van der Waals surface area contributed by atoms with Crippen LogP contribution in [-0.2, 0) is 11.4 Å². The van der Waals surface area contributed by atoms with Crippen LogP contribution in [0.25, 0.3) is 6.08 Å². The van der Waals surface area contributed by atoms with E-state index in [4.69, 9.17) is 21.1 Å². The number of hydrogen-bond acceptors (Lipinski definition) is 5. The summed E-state index contributed by atoms with van der Waals surface area (Å²) in [4.78, 5) is 25.7. The monoisotopic (exact) mass is 492 g/mol. The molecule has 0 unspecified atom stereocenters. The van der Waals surface area contributed by atoms with E-state index >= 15 is 0 Å². The van der Waals surface area contributed by atoms with Crippen molar-refractivity contribution in [3.8, 4) is 11.5 Å². The molecule has 1 aliphatic rings. The molecule has 2 amide bonds. The Labute approximate surface area is 207 Å². The Balaban J connectivity index is 1.60. The molecule has 0 atom stereocenters. The third-order valence-electron chi connectivity index (χ3n) is 5.19. The maximum atomic E-state index is 13.5. The number of amides is 2. The second kappa shape index (κ2) is 10.5. The van der Waals surface area contributed by atoms with Crippen LogP contribution in [0.4, 0.5) is 4.39 Å². The summed E-state index contributed by atoms with van der Waals surface area (Å²) >= 11 is 6.50. The Hall–Kier alpha value is -3.97. The lowest BCUT2D eigenvalue weighted by Gasteiger charge is -2.15. The molecule has 0 bridgehead atoms. The summed E-state index contributed by atoms with van der Waals surface area (Å²) in [7, 11) is 0. The first kappa shape index (κ1) is 24.2. The van der Waals surface area contributed by atoms with Crippen LogP contribution in [0.2, 0.25) is 5.02 Å². The zero-order valence-electron chi connectivity index (χ0n) is 19.1. The molecule has 0 saturated heterocycles. The molecule has 35 heavy (non-hydrogen) atoms. The van der Waals surface area contributed by atoms with Gasteiger partial charge in [-0.05, 0) is 67.4 Å². The molecule has 0 aliphatic carbocycles. The Kier molecular flexibility index (Phi) is 7.27. The number of halogens is 2. The zero-order chi connectivity index (χ0) is 24.9. The van der Waals surface area contributed by atoms with E-state index in [1.807, 2.05) is 6.92 Å². The number of rotatable bonds is 7. The van der Waals surface area contributed by atoms with Crippen LogP contribution in [0, 0.1) is 5.82 Å². The van der Waals surface area contributed by atoms with Crippen molar-refractivity contribution in [1.29, 1.82) is 0 Å². The van der Waals surface area contributed by atoms with Gasteiger partial charge in [-0.15, -0.1) is 0 Å². The number of carbonyl (C=O) groups excluding carboxylic acids is 2. The van der Waals surface area contributed by atoms with Crippen LogP contribution in [0.15, 0.2) is 77.4 Å². The van der Waals surface area contributed by atoms with Crippen molar-refractivity contribution in [1.82, 2.24) is 5.01 Å². The van der Waals surface area contributed by atoms with Gasteiger partial charge in [0.25, 0.3) is 11.8 Å². The first-order chi connectivity index (χ1) is 16.9. The van der Waals surface area contributed by atoms with E-state index in [9.17, 15) is 14.0 Å². The first-order valence-corrected chi connectivity index (χ1v) is 11.3. The predicted octanol–water partition coefficient (Wildman–Crippen LogP) is 5.90. The summed E-state index contributed by atoms with van der Waals surface area (Å²) in [5, 5.41) is 5.28. The summed E-state index contributed by atoms with van der Waals surface area (Å²) in [6.45, 7) is 3.92. The lowest BCUT2D eigenvalue weighted by atomic mass is 10.1. The van der Waals surface area contributed by atoms with Gasteiger partial charge in [0.2, 0.25) is 0 Å². The molecular formula is C27H22ClFN2O4. The van der Waals surface area contributed by atoms with E-state index in [1.165, 1.54) is 12.1 Å². The van der Waals surface area contributed by atoms with Crippen molar-refractivity contribution >= 4 is 35.2 Å². The largest absolute Gasteiger partial charge is 0.490 e. The van der Waals surface area contributed by atoms with Crippen LogP contribution in [0.1, 0.15) is 35.3 Å². The highest BCUT2D eigenvalue weighted by Gasteiger charge is 2.33. The minimum absolute atomic E-state index is 0.0960. The van der Waals surface area contributed by atoms with E-state index in [0.29, 0.717) is 40.5 Å². The summed E-state index contributed by atoms with van der Waals surface area (Å²) in [6, 6.07) is 17.9. The van der Waals surface area contributed by atoms with Gasteiger partial charge in [0.15, 0.2) is 11.5 Å². The molecule has 0 saturated carbocycles. The average Bonchev–Trinajstić information content (AvgIpc) is 3.12. The quantitative estimate of drug-likeness (QED) is 0.304. The fraction of sp³-hybridized carbons (Fsp3) is 0.148.